The summed E-state index contributed by atoms with van der Waals surface area (Å²) in [6, 6.07) is 16.2. The maximum Gasteiger partial charge on any atom is 0.352 e. The van der Waals surface area contributed by atoms with E-state index in [1.54, 1.807) is 0 Å². The fraction of sp³-hybridized carbons (Fsp3) is 0.348. The van der Waals surface area contributed by atoms with Crippen molar-refractivity contribution in [3.8, 4) is 0 Å². The van der Waals surface area contributed by atoms with Gasteiger partial charge >= 0.3 is 5.97 Å². The molecule has 146 valence electrons. The van der Waals surface area contributed by atoms with Gasteiger partial charge in [-0.25, -0.2) is 4.79 Å². The molecular formula is C23H26N2O3. The Kier molecular flexibility index (Phi) is 5.46. The zero-order valence-electron chi connectivity index (χ0n) is 16.1. The van der Waals surface area contributed by atoms with E-state index in [1.807, 2.05) is 28.8 Å². The number of carboxylic acids is 1. The van der Waals surface area contributed by atoms with E-state index >= 15 is 0 Å². The molecule has 2 aromatic carbocycles. The molecule has 5 heteroatoms. The number of nitrogens with one attached hydrogen (secondary N) is 1. The average molecular weight is 378 g/mol. The van der Waals surface area contributed by atoms with Crippen LogP contribution in [0, 0.1) is 6.92 Å². The van der Waals surface area contributed by atoms with Crippen LogP contribution in [-0.4, -0.2) is 34.9 Å². The summed E-state index contributed by atoms with van der Waals surface area (Å²) in [6.45, 7) is 4.67. The Morgan fingerprint density at radius 3 is 2.71 bits per heavy atom. The van der Waals surface area contributed by atoms with Crippen LogP contribution in [0.15, 0.2) is 48.5 Å². The minimum Gasteiger partial charge on any atom is -0.477 e. The van der Waals surface area contributed by atoms with Crippen molar-refractivity contribution in [1.82, 2.24) is 9.88 Å². The molecule has 1 aromatic heterocycles. The molecule has 4 rings (SSSR count). The van der Waals surface area contributed by atoms with E-state index in [1.165, 1.54) is 5.56 Å². The Morgan fingerprint density at radius 2 is 2.00 bits per heavy atom. The predicted octanol–water partition coefficient (Wildman–Crippen LogP) is 3.96. The van der Waals surface area contributed by atoms with Gasteiger partial charge in [0.1, 0.15) is 5.69 Å². The highest BCUT2D eigenvalue weighted by molar-refractivity contribution is 5.98. The Labute approximate surface area is 164 Å². The fourth-order valence-electron chi connectivity index (χ4n) is 4.00. The van der Waals surface area contributed by atoms with Crippen LogP contribution in [0.2, 0.25) is 0 Å². The van der Waals surface area contributed by atoms with Crippen LogP contribution in [0.5, 0.6) is 0 Å². The highest BCUT2D eigenvalue weighted by Crippen LogP contribution is 2.28. The van der Waals surface area contributed by atoms with Crippen LogP contribution in [0.1, 0.15) is 40.0 Å². The van der Waals surface area contributed by atoms with Gasteiger partial charge in [0.2, 0.25) is 0 Å². The smallest absolute Gasteiger partial charge is 0.352 e. The van der Waals surface area contributed by atoms with Gasteiger partial charge < -0.3 is 19.7 Å². The third kappa shape index (κ3) is 3.81. The number of rotatable bonds is 7. The zero-order valence-corrected chi connectivity index (χ0v) is 16.1. The molecule has 3 aromatic rings. The fourth-order valence-corrected chi connectivity index (χ4v) is 4.00. The van der Waals surface area contributed by atoms with Gasteiger partial charge in [-0.1, -0.05) is 48.0 Å². The number of ether oxygens (including phenoxy) is 1. The molecular weight excluding hydrogens is 352 g/mol. The van der Waals surface area contributed by atoms with Crippen molar-refractivity contribution < 1.29 is 14.6 Å². The molecule has 1 saturated heterocycles. The second-order valence-corrected chi connectivity index (χ2v) is 7.49. The van der Waals surface area contributed by atoms with Crippen LogP contribution in [0.3, 0.4) is 0 Å². The second kappa shape index (κ2) is 8.17. The number of carboxylic acid groups (broad SMARTS) is 1. The van der Waals surface area contributed by atoms with E-state index < -0.39 is 5.97 Å². The lowest BCUT2D eigenvalue weighted by Gasteiger charge is -2.12. The number of carbonyl (C=O) groups is 1. The van der Waals surface area contributed by atoms with Crippen molar-refractivity contribution in [3.05, 3.63) is 70.9 Å². The van der Waals surface area contributed by atoms with E-state index in [0.29, 0.717) is 18.8 Å². The van der Waals surface area contributed by atoms with E-state index in [2.05, 4.69) is 36.5 Å². The predicted molar refractivity (Wildman–Crippen MR) is 110 cm³/mol. The summed E-state index contributed by atoms with van der Waals surface area (Å²) in [5, 5.41) is 14.4. The lowest BCUT2D eigenvalue weighted by atomic mass is 10.1. The summed E-state index contributed by atoms with van der Waals surface area (Å²) in [5.74, 6) is -0.891. The largest absolute Gasteiger partial charge is 0.477 e. The number of benzene rings is 2. The number of nitrogens with zero attached hydrogens (tertiary/aromatic N) is 1. The minimum atomic E-state index is -0.891. The summed E-state index contributed by atoms with van der Waals surface area (Å²) in [6.07, 6.45) is 2.39. The van der Waals surface area contributed by atoms with Crippen LogP contribution in [0.25, 0.3) is 10.9 Å². The summed E-state index contributed by atoms with van der Waals surface area (Å²) in [5.41, 5.74) is 4.44. The lowest BCUT2D eigenvalue weighted by Crippen LogP contribution is -2.26. The van der Waals surface area contributed by atoms with Gasteiger partial charge in [-0.2, -0.15) is 0 Å². The standard InChI is InChI=1S/C23H26N2O3/c1-16-8-10-17(11-9-16)15-25-21-7-3-2-6-19(21)20(22(25)23(26)27)14-24-13-18-5-4-12-28-18/h2-3,6-11,18,24H,4-5,12-15H2,1H3,(H,26,27). The molecule has 0 saturated carbocycles. The van der Waals surface area contributed by atoms with Crippen molar-refractivity contribution in [3.63, 3.8) is 0 Å². The van der Waals surface area contributed by atoms with Crippen molar-refractivity contribution in [2.75, 3.05) is 13.2 Å². The second-order valence-electron chi connectivity index (χ2n) is 7.49. The molecule has 2 N–H and O–H groups in total. The molecule has 0 aliphatic carbocycles. The van der Waals surface area contributed by atoms with Crippen LogP contribution in [0.4, 0.5) is 0 Å². The monoisotopic (exact) mass is 378 g/mol. The van der Waals surface area contributed by atoms with Crippen LogP contribution in [-0.2, 0) is 17.8 Å². The van der Waals surface area contributed by atoms with Gasteiger partial charge in [-0.3, -0.25) is 0 Å². The molecule has 0 spiro atoms. The summed E-state index contributed by atoms with van der Waals surface area (Å²) >= 11 is 0. The molecule has 1 unspecified atom stereocenters. The quantitative estimate of drug-likeness (QED) is 0.653. The third-order valence-electron chi connectivity index (χ3n) is 5.44. The Hall–Kier alpha value is -2.63. The molecule has 1 atom stereocenters. The number of para-hydroxylation sites is 1. The third-order valence-corrected chi connectivity index (χ3v) is 5.44. The Bertz CT molecular complexity index is 969. The van der Waals surface area contributed by atoms with Gasteiger partial charge in [-0.15, -0.1) is 0 Å². The highest BCUT2D eigenvalue weighted by atomic mass is 16.5. The molecule has 1 aliphatic rings. The van der Waals surface area contributed by atoms with Crippen molar-refractivity contribution in [2.45, 2.75) is 39.0 Å². The first kappa shape index (κ1) is 18.7. The molecule has 2 heterocycles. The van der Waals surface area contributed by atoms with Gasteiger partial charge in [0, 0.05) is 42.7 Å². The lowest BCUT2D eigenvalue weighted by molar-refractivity contribution is 0.0684. The summed E-state index contributed by atoms with van der Waals surface area (Å²) < 4.78 is 7.59. The van der Waals surface area contributed by atoms with Crippen LogP contribution < -0.4 is 5.32 Å². The van der Waals surface area contributed by atoms with E-state index in [9.17, 15) is 9.90 Å². The highest BCUT2D eigenvalue weighted by Gasteiger charge is 2.23. The molecule has 0 amide bonds. The normalized spacial score (nSPS) is 16.7. The first-order valence-corrected chi connectivity index (χ1v) is 9.84. The molecule has 0 radical (unpaired) electrons. The first-order valence-electron chi connectivity index (χ1n) is 9.84. The minimum absolute atomic E-state index is 0.231. The molecule has 5 nitrogen and oxygen atoms in total. The maximum absolute atomic E-state index is 12.2. The number of aromatic nitrogens is 1. The van der Waals surface area contributed by atoms with Gasteiger partial charge in [0.25, 0.3) is 0 Å². The van der Waals surface area contributed by atoms with Crippen LogP contribution >= 0.6 is 0 Å². The van der Waals surface area contributed by atoms with Crippen molar-refractivity contribution in [2.24, 2.45) is 0 Å². The number of hydrogen-bond donors (Lipinski definition) is 2. The topological polar surface area (TPSA) is 63.5 Å². The van der Waals surface area contributed by atoms with Gasteiger partial charge in [0.05, 0.1) is 6.10 Å². The molecule has 1 aliphatic heterocycles. The first-order chi connectivity index (χ1) is 13.6. The van der Waals surface area contributed by atoms with Gasteiger partial charge in [0.15, 0.2) is 0 Å². The average Bonchev–Trinajstić information content (AvgIpc) is 3.31. The molecule has 1 fully saturated rings. The zero-order chi connectivity index (χ0) is 19.5. The van der Waals surface area contributed by atoms with Crippen molar-refractivity contribution >= 4 is 16.9 Å². The number of hydrogen-bond acceptors (Lipinski definition) is 3. The summed E-state index contributed by atoms with van der Waals surface area (Å²) in [7, 11) is 0. The SMILES string of the molecule is Cc1ccc(Cn2c(C(=O)O)c(CNCC3CCCO3)c3ccccc32)cc1. The van der Waals surface area contributed by atoms with E-state index in [-0.39, 0.29) is 6.10 Å². The molecule has 0 bridgehead atoms. The Morgan fingerprint density at radius 1 is 1.21 bits per heavy atom. The number of fused-ring (bicyclic) bond motifs is 1. The van der Waals surface area contributed by atoms with E-state index in [0.717, 1.165) is 48.0 Å². The van der Waals surface area contributed by atoms with E-state index in [4.69, 9.17) is 4.74 Å². The van der Waals surface area contributed by atoms with Gasteiger partial charge in [-0.05, 0) is 31.4 Å². The maximum atomic E-state index is 12.2. The van der Waals surface area contributed by atoms with Crippen molar-refractivity contribution in [1.29, 1.82) is 0 Å². The number of aryl methyl sites for hydroxylation is 1. The molecule has 28 heavy (non-hydrogen) atoms. The summed E-state index contributed by atoms with van der Waals surface area (Å²) in [4.78, 5) is 12.2. The Balaban J connectivity index is 1.68. The number of aromatic carboxylic acids is 1.